The van der Waals surface area contributed by atoms with E-state index in [1.165, 1.54) is 13.3 Å². The Labute approximate surface area is 89.7 Å². The molecule has 1 aromatic heterocycles. The van der Waals surface area contributed by atoms with Gasteiger partial charge in [-0.05, 0) is 33.0 Å². The van der Waals surface area contributed by atoms with E-state index >= 15 is 0 Å². The van der Waals surface area contributed by atoms with Crippen LogP contribution >= 0.6 is 0 Å². The Morgan fingerprint density at radius 3 is 2.53 bits per heavy atom. The third-order valence-corrected chi connectivity index (χ3v) is 2.45. The van der Waals surface area contributed by atoms with E-state index in [0.717, 1.165) is 5.69 Å². The van der Waals surface area contributed by atoms with Crippen molar-refractivity contribution in [1.29, 1.82) is 0 Å². The summed E-state index contributed by atoms with van der Waals surface area (Å²) >= 11 is 0. The Balaban J connectivity index is 2.95. The maximum atomic E-state index is 11.2. The lowest BCUT2D eigenvalue weighted by molar-refractivity contribution is 0.0600. The largest absolute Gasteiger partial charge is 0.465 e. The first-order valence-corrected chi connectivity index (χ1v) is 4.75. The predicted octanol–water partition coefficient (Wildman–Crippen LogP) is 1.32. The number of nitrogens with zero attached hydrogens (tertiary/aromatic N) is 1. The topological polar surface area (TPSA) is 51.2 Å². The van der Waals surface area contributed by atoms with Crippen LogP contribution < -0.4 is 5.32 Å². The summed E-state index contributed by atoms with van der Waals surface area (Å²) in [6.45, 7) is 4.04. The van der Waals surface area contributed by atoms with Crippen molar-refractivity contribution < 1.29 is 9.53 Å². The molecule has 82 valence electrons. The second-order valence-corrected chi connectivity index (χ2v) is 3.80. The quantitative estimate of drug-likeness (QED) is 0.761. The van der Waals surface area contributed by atoms with E-state index in [4.69, 9.17) is 0 Å². The number of aromatic nitrogens is 1. The zero-order chi connectivity index (χ0) is 11.5. The Morgan fingerprint density at radius 2 is 2.13 bits per heavy atom. The SMILES string of the molecule is CNC(C)(C)c1ccc(C(=O)OC)cn1. The van der Waals surface area contributed by atoms with Crippen molar-refractivity contribution in [3.63, 3.8) is 0 Å². The second-order valence-electron chi connectivity index (χ2n) is 3.80. The molecule has 0 atom stereocenters. The van der Waals surface area contributed by atoms with Gasteiger partial charge in [0.25, 0.3) is 0 Å². The fraction of sp³-hybridized carbons (Fsp3) is 0.455. The van der Waals surface area contributed by atoms with E-state index in [2.05, 4.69) is 15.0 Å². The molecule has 0 saturated heterocycles. The maximum Gasteiger partial charge on any atom is 0.339 e. The molecule has 4 nitrogen and oxygen atoms in total. The second kappa shape index (κ2) is 4.40. The van der Waals surface area contributed by atoms with Crippen LogP contribution in [-0.2, 0) is 10.3 Å². The summed E-state index contributed by atoms with van der Waals surface area (Å²) in [5.74, 6) is -0.365. The van der Waals surface area contributed by atoms with Crippen LogP contribution in [0, 0.1) is 0 Å². The number of ether oxygens (including phenoxy) is 1. The molecule has 0 unspecified atom stereocenters. The molecule has 1 heterocycles. The Hall–Kier alpha value is -1.42. The van der Waals surface area contributed by atoms with Gasteiger partial charge in [-0.3, -0.25) is 4.98 Å². The molecule has 15 heavy (non-hydrogen) atoms. The van der Waals surface area contributed by atoms with Crippen molar-refractivity contribution in [2.24, 2.45) is 0 Å². The van der Waals surface area contributed by atoms with E-state index in [9.17, 15) is 4.79 Å². The standard InChI is InChI=1S/C11H16N2O2/c1-11(2,12-3)9-6-5-8(7-13-9)10(14)15-4/h5-7,12H,1-4H3. The van der Waals surface area contributed by atoms with Crippen LogP contribution in [0.2, 0.25) is 0 Å². The number of hydrogen-bond acceptors (Lipinski definition) is 4. The highest BCUT2D eigenvalue weighted by atomic mass is 16.5. The molecule has 0 aliphatic rings. The van der Waals surface area contributed by atoms with Crippen molar-refractivity contribution in [2.75, 3.05) is 14.2 Å². The molecule has 0 amide bonds. The van der Waals surface area contributed by atoms with Gasteiger partial charge < -0.3 is 10.1 Å². The van der Waals surface area contributed by atoms with Crippen molar-refractivity contribution >= 4 is 5.97 Å². The first-order valence-electron chi connectivity index (χ1n) is 4.75. The van der Waals surface area contributed by atoms with Crippen molar-refractivity contribution in [3.05, 3.63) is 29.6 Å². The van der Waals surface area contributed by atoms with E-state index in [1.807, 2.05) is 27.0 Å². The number of esters is 1. The van der Waals surface area contributed by atoms with Gasteiger partial charge in [0, 0.05) is 6.20 Å². The minimum atomic E-state index is -0.365. The fourth-order valence-corrected chi connectivity index (χ4v) is 1.13. The minimum absolute atomic E-state index is 0.200. The molecule has 0 spiro atoms. The summed E-state index contributed by atoms with van der Waals surface area (Å²) in [6, 6.07) is 3.54. The summed E-state index contributed by atoms with van der Waals surface area (Å²) in [5.41, 5.74) is 1.15. The van der Waals surface area contributed by atoms with Crippen LogP contribution in [0.4, 0.5) is 0 Å². The van der Waals surface area contributed by atoms with Crippen LogP contribution in [0.1, 0.15) is 29.9 Å². The Morgan fingerprint density at radius 1 is 1.47 bits per heavy atom. The lowest BCUT2D eigenvalue weighted by atomic mass is 10.00. The van der Waals surface area contributed by atoms with Crippen LogP contribution in [0.15, 0.2) is 18.3 Å². The van der Waals surface area contributed by atoms with Gasteiger partial charge in [0.05, 0.1) is 23.9 Å². The zero-order valence-corrected chi connectivity index (χ0v) is 9.50. The molecule has 0 aliphatic heterocycles. The number of carbonyl (C=O) groups is 1. The number of nitrogens with one attached hydrogen (secondary N) is 1. The number of rotatable bonds is 3. The molecule has 0 aromatic carbocycles. The van der Waals surface area contributed by atoms with E-state index < -0.39 is 0 Å². The summed E-state index contributed by atoms with van der Waals surface area (Å²) in [7, 11) is 3.23. The molecule has 1 aromatic rings. The normalized spacial score (nSPS) is 11.2. The molecule has 0 aliphatic carbocycles. The van der Waals surface area contributed by atoms with Crippen molar-refractivity contribution in [2.45, 2.75) is 19.4 Å². The molecule has 0 fully saturated rings. The summed E-state index contributed by atoms with van der Waals surface area (Å²) in [4.78, 5) is 15.4. The molecule has 1 rings (SSSR count). The molecule has 4 heteroatoms. The monoisotopic (exact) mass is 208 g/mol. The summed E-state index contributed by atoms with van der Waals surface area (Å²) in [6.07, 6.45) is 1.53. The highest BCUT2D eigenvalue weighted by Gasteiger charge is 2.19. The van der Waals surface area contributed by atoms with Crippen LogP contribution in [0.3, 0.4) is 0 Å². The molecule has 0 saturated carbocycles. The first-order chi connectivity index (χ1) is 7.01. The summed E-state index contributed by atoms with van der Waals surface area (Å²) in [5, 5.41) is 3.14. The first kappa shape index (κ1) is 11.7. The van der Waals surface area contributed by atoms with Crippen LogP contribution in [0.5, 0.6) is 0 Å². The van der Waals surface area contributed by atoms with Gasteiger partial charge in [-0.2, -0.15) is 0 Å². The number of pyridine rings is 1. The average Bonchev–Trinajstić information content (AvgIpc) is 2.28. The number of methoxy groups -OCH3 is 1. The third-order valence-electron chi connectivity index (χ3n) is 2.45. The predicted molar refractivity (Wildman–Crippen MR) is 57.7 cm³/mol. The highest BCUT2D eigenvalue weighted by Crippen LogP contribution is 2.16. The number of carbonyl (C=O) groups excluding carboxylic acids is 1. The lowest BCUT2D eigenvalue weighted by Crippen LogP contribution is -2.34. The van der Waals surface area contributed by atoms with Gasteiger partial charge >= 0.3 is 5.97 Å². The summed E-state index contributed by atoms with van der Waals surface area (Å²) < 4.78 is 4.59. The number of hydrogen-bond donors (Lipinski definition) is 1. The lowest BCUT2D eigenvalue weighted by Gasteiger charge is -2.23. The minimum Gasteiger partial charge on any atom is -0.465 e. The van der Waals surface area contributed by atoms with Gasteiger partial charge in [-0.1, -0.05) is 0 Å². The Bertz CT molecular complexity index is 344. The maximum absolute atomic E-state index is 11.2. The van der Waals surface area contributed by atoms with Gasteiger partial charge in [0.2, 0.25) is 0 Å². The Kier molecular flexibility index (Phi) is 3.42. The van der Waals surface area contributed by atoms with E-state index in [-0.39, 0.29) is 11.5 Å². The van der Waals surface area contributed by atoms with Gasteiger partial charge in [0.15, 0.2) is 0 Å². The molecule has 0 radical (unpaired) electrons. The van der Waals surface area contributed by atoms with E-state index in [1.54, 1.807) is 6.07 Å². The zero-order valence-electron chi connectivity index (χ0n) is 9.50. The fourth-order valence-electron chi connectivity index (χ4n) is 1.13. The third kappa shape index (κ3) is 2.53. The molecular weight excluding hydrogens is 192 g/mol. The van der Waals surface area contributed by atoms with Crippen LogP contribution in [-0.4, -0.2) is 25.1 Å². The molecule has 0 bridgehead atoms. The van der Waals surface area contributed by atoms with Gasteiger partial charge in [0.1, 0.15) is 0 Å². The highest BCUT2D eigenvalue weighted by molar-refractivity contribution is 5.88. The van der Waals surface area contributed by atoms with E-state index in [0.29, 0.717) is 5.56 Å². The van der Waals surface area contributed by atoms with Crippen molar-refractivity contribution in [3.8, 4) is 0 Å². The van der Waals surface area contributed by atoms with Crippen LogP contribution in [0.25, 0.3) is 0 Å². The molecule has 1 N–H and O–H groups in total. The van der Waals surface area contributed by atoms with Gasteiger partial charge in [-0.15, -0.1) is 0 Å². The average molecular weight is 208 g/mol. The molecular formula is C11H16N2O2. The van der Waals surface area contributed by atoms with Crippen molar-refractivity contribution in [1.82, 2.24) is 10.3 Å². The smallest absolute Gasteiger partial charge is 0.339 e. The van der Waals surface area contributed by atoms with Gasteiger partial charge in [-0.25, -0.2) is 4.79 Å².